The Balaban J connectivity index is 3.43. The summed E-state index contributed by atoms with van der Waals surface area (Å²) in [5, 5.41) is 17.1. The maximum atomic E-state index is 12.6. The van der Waals surface area contributed by atoms with Crippen molar-refractivity contribution in [3.05, 3.63) is 23.0 Å². The molecule has 1 aromatic heterocycles. The monoisotopic (exact) mass is 208 g/mol. The number of alkyl halides is 2. The first-order chi connectivity index (χ1) is 7.11. The SMILES string of the molecule is N#CCc1ncc(N)c(C(F)F)c1C#N. The number of aromatic nitrogens is 1. The molecule has 0 aliphatic heterocycles. The van der Waals surface area contributed by atoms with Gasteiger partial charge in [-0.05, 0) is 0 Å². The molecule has 0 radical (unpaired) electrons. The second-order valence-corrected chi connectivity index (χ2v) is 2.70. The van der Waals surface area contributed by atoms with E-state index in [1.807, 2.05) is 0 Å². The van der Waals surface area contributed by atoms with E-state index in [1.165, 1.54) is 0 Å². The summed E-state index contributed by atoms with van der Waals surface area (Å²) in [6, 6.07) is 3.34. The summed E-state index contributed by atoms with van der Waals surface area (Å²) >= 11 is 0. The minimum Gasteiger partial charge on any atom is -0.397 e. The molecule has 76 valence electrons. The van der Waals surface area contributed by atoms with Gasteiger partial charge in [-0.3, -0.25) is 4.98 Å². The summed E-state index contributed by atoms with van der Waals surface area (Å²) in [7, 11) is 0. The molecule has 2 N–H and O–H groups in total. The van der Waals surface area contributed by atoms with Crippen LogP contribution in [0, 0.1) is 22.7 Å². The molecular weight excluding hydrogens is 202 g/mol. The Morgan fingerprint density at radius 2 is 2.13 bits per heavy atom. The summed E-state index contributed by atoms with van der Waals surface area (Å²) in [5.74, 6) is 0. The fraction of sp³-hybridized carbons (Fsp3) is 0.222. The summed E-state index contributed by atoms with van der Waals surface area (Å²) < 4.78 is 25.1. The predicted molar refractivity (Wildman–Crippen MR) is 47.6 cm³/mol. The van der Waals surface area contributed by atoms with Gasteiger partial charge in [0.15, 0.2) is 0 Å². The van der Waals surface area contributed by atoms with Crippen molar-refractivity contribution >= 4 is 5.69 Å². The highest BCUT2D eigenvalue weighted by Crippen LogP contribution is 2.29. The van der Waals surface area contributed by atoms with Crippen LogP contribution in [0.25, 0.3) is 0 Å². The molecule has 0 saturated heterocycles. The third-order valence-electron chi connectivity index (χ3n) is 1.80. The Morgan fingerprint density at radius 1 is 1.47 bits per heavy atom. The van der Waals surface area contributed by atoms with Crippen LogP contribution in [0.5, 0.6) is 0 Å². The van der Waals surface area contributed by atoms with E-state index in [-0.39, 0.29) is 23.4 Å². The second kappa shape index (κ2) is 4.34. The summed E-state index contributed by atoms with van der Waals surface area (Å²) in [5.41, 5.74) is 4.24. The van der Waals surface area contributed by atoms with Gasteiger partial charge in [0.05, 0.1) is 41.2 Å². The fourth-order valence-corrected chi connectivity index (χ4v) is 1.15. The average molecular weight is 208 g/mol. The first-order valence-electron chi connectivity index (χ1n) is 3.94. The third kappa shape index (κ3) is 2.00. The molecule has 0 aliphatic rings. The molecule has 0 aromatic carbocycles. The number of nitriles is 2. The molecule has 1 aromatic rings. The minimum absolute atomic E-state index is 0.0319. The molecule has 0 bridgehead atoms. The van der Waals surface area contributed by atoms with Crippen LogP contribution < -0.4 is 5.73 Å². The second-order valence-electron chi connectivity index (χ2n) is 2.70. The van der Waals surface area contributed by atoms with Crippen LogP contribution in [0.1, 0.15) is 23.2 Å². The van der Waals surface area contributed by atoms with Crippen molar-refractivity contribution in [1.82, 2.24) is 4.98 Å². The van der Waals surface area contributed by atoms with E-state index < -0.39 is 12.0 Å². The molecule has 0 amide bonds. The molecule has 1 rings (SSSR count). The third-order valence-corrected chi connectivity index (χ3v) is 1.80. The number of halogens is 2. The fourth-order valence-electron chi connectivity index (χ4n) is 1.15. The Morgan fingerprint density at radius 3 is 2.60 bits per heavy atom. The van der Waals surface area contributed by atoms with E-state index in [9.17, 15) is 8.78 Å². The lowest BCUT2D eigenvalue weighted by Gasteiger charge is -2.08. The van der Waals surface area contributed by atoms with Gasteiger partial charge >= 0.3 is 0 Å². The number of rotatable bonds is 2. The van der Waals surface area contributed by atoms with E-state index in [2.05, 4.69) is 4.98 Å². The van der Waals surface area contributed by atoms with Crippen molar-refractivity contribution in [3.8, 4) is 12.1 Å². The molecule has 0 atom stereocenters. The van der Waals surface area contributed by atoms with E-state index in [0.717, 1.165) is 6.20 Å². The number of nitrogens with zero attached hydrogens (tertiary/aromatic N) is 3. The highest BCUT2D eigenvalue weighted by molar-refractivity contribution is 5.56. The topological polar surface area (TPSA) is 86.5 Å². The van der Waals surface area contributed by atoms with Crippen molar-refractivity contribution in [3.63, 3.8) is 0 Å². The number of pyridine rings is 1. The van der Waals surface area contributed by atoms with Crippen LogP contribution in [0.3, 0.4) is 0 Å². The molecule has 4 nitrogen and oxygen atoms in total. The quantitative estimate of drug-likeness (QED) is 0.798. The van der Waals surface area contributed by atoms with Crippen LogP contribution >= 0.6 is 0 Å². The van der Waals surface area contributed by atoms with E-state index in [4.69, 9.17) is 16.3 Å². The van der Waals surface area contributed by atoms with Gasteiger partial charge in [-0.1, -0.05) is 0 Å². The summed E-state index contributed by atoms with van der Waals surface area (Å²) in [6.07, 6.45) is -2.00. The Labute approximate surface area is 84.6 Å². The maximum absolute atomic E-state index is 12.6. The molecule has 1 heterocycles. The van der Waals surface area contributed by atoms with Crippen molar-refractivity contribution in [2.24, 2.45) is 0 Å². The van der Waals surface area contributed by atoms with Crippen molar-refractivity contribution < 1.29 is 8.78 Å². The average Bonchev–Trinajstić information content (AvgIpc) is 2.19. The number of hydrogen-bond acceptors (Lipinski definition) is 4. The lowest BCUT2D eigenvalue weighted by atomic mass is 10.0. The minimum atomic E-state index is -2.85. The van der Waals surface area contributed by atoms with Crippen LogP contribution in [0.4, 0.5) is 14.5 Å². The van der Waals surface area contributed by atoms with E-state index in [1.54, 1.807) is 12.1 Å². The van der Waals surface area contributed by atoms with Gasteiger partial charge in [-0.15, -0.1) is 0 Å². The van der Waals surface area contributed by atoms with Crippen LogP contribution in [-0.4, -0.2) is 4.98 Å². The Bertz CT molecular complexity index is 456. The molecule has 6 heteroatoms. The van der Waals surface area contributed by atoms with Gasteiger partial charge < -0.3 is 5.73 Å². The standard InChI is InChI=1S/C9H6F2N4/c10-9(11)8-5(3-13)7(1-2-12)15-4-6(8)14/h4,9H,1,14H2. The zero-order chi connectivity index (χ0) is 11.4. The van der Waals surface area contributed by atoms with Crippen LogP contribution in [0.2, 0.25) is 0 Å². The van der Waals surface area contributed by atoms with Crippen molar-refractivity contribution in [1.29, 1.82) is 10.5 Å². The number of hydrogen-bond donors (Lipinski definition) is 1. The highest BCUT2D eigenvalue weighted by Gasteiger charge is 2.20. The van der Waals surface area contributed by atoms with Gasteiger partial charge in [-0.25, -0.2) is 8.78 Å². The molecule has 0 fully saturated rings. The first kappa shape index (κ1) is 10.9. The van der Waals surface area contributed by atoms with Crippen molar-refractivity contribution in [2.45, 2.75) is 12.8 Å². The van der Waals surface area contributed by atoms with E-state index >= 15 is 0 Å². The van der Waals surface area contributed by atoms with Crippen molar-refractivity contribution in [2.75, 3.05) is 5.73 Å². The largest absolute Gasteiger partial charge is 0.397 e. The Kier molecular flexibility index (Phi) is 3.14. The zero-order valence-corrected chi connectivity index (χ0v) is 7.54. The van der Waals surface area contributed by atoms with Crippen LogP contribution in [-0.2, 0) is 6.42 Å². The number of anilines is 1. The zero-order valence-electron chi connectivity index (χ0n) is 7.54. The van der Waals surface area contributed by atoms with E-state index in [0.29, 0.717) is 0 Å². The molecule has 0 unspecified atom stereocenters. The molecule has 0 saturated carbocycles. The maximum Gasteiger partial charge on any atom is 0.267 e. The first-order valence-corrected chi connectivity index (χ1v) is 3.94. The molecule has 15 heavy (non-hydrogen) atoms. The van der Waals surface area contributed by atoms with Gasteiger partial charge in [0, 0.05) is 0 Å². The molecular formula is C9H6F2N4. The highest BCUT2D eigenvalue weighted by atomic mass is 19.3. The summed E-state index contributed by atoms with van der Waals surface area (Å²) in [4.78, 5) is 3.68. The van der Waals surface area contributed by atoms with Gasteiger partial charge in [0.25, 0.3) is 6.43 Å². The van der Waals surface area contributed by atoms with Gasteiger partial charge in [-0.2, -0.15) is 10.5 Å². The van der Waals surface area contributed by atoms with Gasteiger partial charge in [0.2, 0.25) is 0 Å². The van der Waals surface area contributed by atoms with Gasteiger partial charge in [0.1, 0.15) is 6.07 Å². The predicted octanol–water partition coefficient (Wildman–Crippen LogP) is 1.54. The lowest BCUT2D eigenvalue weighted by Crippen LogP contribution is -2.04. The number of nitrogen functional groups attached to an aromatic ring is 1. The normalized spacial score (nSPS) is 9.67. The van der Waals surface area contributed by atoms with Crippen LogP contribution in [0.15, 0.2) is 6.20 Å². The smallest absolute Gasteiger partial charge is 0.267 e. The Hall–Kier alpha value is -2.21. The molecule has 0 spiro atoms. The molecule has 0 aliphatic carbocycles. The summed E-state index contributed by atoms with van der Waals surface area (Å²) in [6.45, 7) is 0. The number of nitrogens with two attached hydrogens (primary N) is 1. The lowest BCUT2D eigenvalue weighted by molar-refractivity contribution is 0.151.